The summed E-state index contributed by atoms with van der Waals surface area (Å²) in [5.74, 6) is 7.36. The van der Waals surface area contributed by atoms with E-state index in [-0.39, 0.29) is 11.7 Å². The summed E-state index contributed by atoms with van der Waals surface area (Å²) in [6.45, 7) is 2.09. The Bertz CT molecular complexity index is 924. The van der Waals surface area contributed by atoms with Crippen molar-refractivity contribution in [2.75, 3.05) is 24.0 Å². The van der Waals surface area contributed by atoms with Crippen molar-refractivity contribution in [3.05, 3.63) is 54.1 Å². The standard InChI is InChI=1S/C19H21N5O2S/c1-3-13-7-9-15(10-8-13)21-17(25)12-27-19-23-22-18(24(19)20)14-5-4-6-16(11-14)26-2/h4-11H,3,12,20H2,1-2H3,(H,21,25). The Balaban J connectivity index is 1.62. The number of nitrogens with two attached hydrogens (primary N) is 1. The summed E-state index contributed by atoms with van der Waals surface area (Å²) in [6, 6.07) is 15.2. The number of nitrogens with one attached hydrogen (secondary N) is 1. The van der Waals surface area contributed by atoms with Crippen LogP contribution < -0.4 is 15.9 Å². The number of carbonyl (C=O) groups excluding carboxylic acids is 1. The lowest BCUT2D eigenvalue weighted by molar-refractivity contribution is -0.113. The first-order valence-electron chi connectivity index (χ1n) is 8.47. The zero-order valence-corrected chi connectivity index (χ0v) is 16.0. The van der Waals surface area contributed by atoms with E-state index in [0.717, 1.165) is 17.7 Å². The van der Waals surface area contributed by atoms with E-state index in [0.29, 0.717) is 16.7 Å². The normalized spacial score (nSPS) is 10.6. The molecule has 140 valence electrons. The first-order chi connectivity index (χ1) is 13.1. The molecule has 0 aliphatic carbocycles. The number of anilines is 1. The largest absolute Gasteiger partial charge is 0.497 e. The first-order valence-corrected chi connectivity index (χ1v) is 9.45. The lowest BCUT2D eigenvalue weighted by Gasteiger charge is -2.07. The fourth-order valence-electron chi connectivity index (χ4n) is 2.49. The van der Waals surface area contributed by atoms with Gasteiger partial charge < -0.3 is 15.9 Å². The van der Waals surface area contributed by atoms with Gasteiger partial charge in [-0.2, -0.15) is 0 Å². The van der Waals surface area contributed by atoms with E-state index in [1.807, 2.05) is 48.5 Å². The molecule has 0 atom stereocenters. The van der Waals surface area contributed by atoms with Crippen molar-refractivity contribution in [2.45, 2.75) is 18.5 Å². The maximum Gasteiger partial charge on any atom is 0.234 e. The van der Waals surface area contributed by atoms with Gasteiger partial charge in [0.25, 0.3) is 0 Å². The van der Waals surface area contributed by atoms with Crippen molar-refractivity contribution in [1.29, 1.82) is 0 Å². The van der Waals surface area contributed by atoms with Crippen LogP contribution in [0.3, 0.4) is 0 Å². The number of aryl methyl sites for hydroxylation is 1. The lowest BCUT2D eigenvalue weighted by atomic mass is 10.1. The number of nitrogens with zero attached hydrogens (tertiary/aromatic N) is 3. The van der Waals surface area contributed by atoms with Crippen LogP contribution in [0.15, 0.2) is 53.7 Å². The molecule has 0 fully saturated rings. The van der Waals surface area contributed by atoms with Crippen LogP contribution in [0.5, 0.6) is 5.75 Å². The number of nitrogen functional groups attached to an aromatic ring is 1. The summed E-state index contributed by atoms with van der Waals surface area (Å²) in [5.41, 5.74) is 2.78. The number of thioether (sulfide) groups is 1. The van der Waals surface area contributed by atoms with Gasteiger partial charge in [0.05, 0.1) is 12.9 Å². The third-order valence-electron chi connectivity index (χ3n) is 3.97. The number of benzene rings is 2. The van der Waals surface area contributed by atoms with Crippen LogP contribution in [-0.2, 0) is 11.2 Å². The van der Waals surface area contributed by atoms with Crippen LogP contribution in [-0.4, -0.2) is 33.6 Å². The molecule has 8 heteroatoms. The molecule has 7 nitrogen and oxygen atoms in total. The summed E-state index contributed by atoms with van der Waals surface area (Å²) in [6.07, 6.45) is 0.964. The van der Waals surface area contributed by atoms with E-state index in [4.69, 9.17) is 10.6 Å². The maximum absolute atomic E-state index is 12.2. The SMILES string of the molecule is CCc1ccc(NC(=O)CSc2nnc(-c3cccc(OC)c3)n2N)cc1. The molecule has 0 radical (unpaired) electrons. The second-order valence-corrected chi connectivity index (χ2v) is 6.74. The highest BCUT2D eigenvalue weighted by atomic mass is 32.2. The zero-order valence-electron chi connectivity index (χ0n) is 15.2. The molecule has 3 rings (SSSR count). The molecule has 0 aliphatic rings. The predicted molar refractivity (Wildman–Crippen MR) is 107 cm³/mol. The predicted octanol–water partition coefficient (Wildman–Crippen LogP) is 2.96. The Morgan fingerprint density at radius 2 is 2.00 bits per heavy atom. The Hall–Kier alpha value is -3.00. The third-order valence-corrected chi connectivity index (χ3v) is 4.91. The molecule has 3 aromatic rings. The smallest absolute Gasteiger partial charge is 0.234 e. The number of rotatable bonds is 7. The molecule has 0 aliphatic heterocycles. The van der Waals surface area contributed by atoms with Gasteiger partial charge in [-0.25, -0.2) is 4.68 Å². The number of hydrogen-bond donors (Lipinski definition) is 2. The van der Waals surface area contributed by atoms with Crippen LogP contribution in [0, 0.1) is 0 Å². The van der Waals surface area contributed by atoms with Crippen molar-refractivity contribution in [2.24, 2.45) is 0 Å². The topological polar surface area (TPSA) is 95.1 Å². The average molecular weight is 383 g/mol. The zero-order chi connectivity index (χ0) is 19.2. The molecule has 1 amide bonds. The quantitative estimate of drug-likeness (QED) is 0.481. The van der Waals surface area contributed by atoms with E-state index in [9.17, 15) is 4.79 Å². The van der Waals surface area contributed by atoms with Gasteiger partial charge in [0.15, 0.2) is 5.82 Å². The summed E-state index contributed by atoms with van der Waals surface area (Å²) in [4.78, 5) is 12.2. The van der Waals surface area contributed by atoms with Crippen molar-refractivity contribution >= 4 is 23.4 Å². The van der Waals surface area contributed by atoms with Gasteiger partial charge in [-0.3, -0.25) is 4.79 Å². The minimum Gasteiger partial charge on any atom is -0.497 e. The summed E-state index contributed by atoms with van der Waals surface area (Å²) < 4.78 is 6.59. The van der Waals surface area contributed by atoms with E-state index in [2.05, 4.69) is 22.4 Å². The summed E-state index contributed by atoms with van der Waals surface area (Å²) in [7, 11) is 1.60. The summed E-state index contributed by atoms with van der Waals surface area (Å²) in [5, 5.41) is 11.5. The minimum atomic E-state index is -0.129. The third kappa shape index (κ3) is 4.59. The van der Waals surface area contributed by atoms with Crippen molar-refractivity contribution < 1.29 is 9.53 Å². The van der Waals surface area contributed by atoms with Gasteiger partial charge in [0.1, 0.15) is 5.75 Å². The molecule has 0 saturated heterocycles. The molecule has 2 aromatic carbocycles. The molecule has 27 heavy (non-hydrogen) atoms. The fourth-order valence-corrected chi connectivity index (χ4v) is 3.14. The maximum atomic E-state index is 12.2. The van der Waals surface area contributed by atoms with Crippen molar-refractivity contribution in [3.8, 4) is 17.1 Å². The van der Waals surface area contributed by atoms with E-state index in [1.165, 1.54) is 22.0 Å². The van der Waals surface area contributed by atoms with E-state index < -0.39 is 0 Å². The highest BCUT2D eigenvalue weighted by molar-refractivity contribution is 7.99. The highest BCUT2D eigenvalue weighted by Gasteiger charge is 2.14. The highest BCUT2D eigenvalue weighted by Crippen LogP contribution is 2.24. The number of carbonyl (C=O) groups is 1. The number of amides is 1. The second-order valence-electron chi connectivity index (χ2n) is 5.80. The van der Waals surface area contributed by atoms with Gasteiger partial charge in [-0.15, -0.1) is 10.2 Å². The minimum absolute atomic E-state index is 0.129. The van der Waals surface area contributed by atoms with Gasteiger partial charge in [-0.1, -0.05) is 43.0 Å². The molecule has 0 spiro atoms. The molecule has 1 aromatic heterocycles. The molecular weight excluding hydrogens is 362 g/mol. The molecule has 0 bridgehead atoms. The monoisotopic (exact) mass is 383 g/mol. The van der Waals surface area contributed by atoms with Crippen molar-refractivity contribution in [3.63, 3.8) is 0 Å². The van der Waals surface area contributed by atoms with E-state index >= 15 is 0 Å². The van der Waals surface area contributed by atoms with E-state index in [1.54, 1.807) is 7.11 Å². The fraction of sp³-hybridized carbons (Fsp3) is 0.211. The van der Waals surface area contributed by atoms with Crippen LogP contribution in [0.4, 0.5) is 5.69 Å². The second kappa shape index (κ2) is 8.59. The van der Waals surface area contributed by atoms with Crippen LogP contribution in [0.2, 0.25) is 0 Å². The van der Waals surface area contributed by atoms with Gasteiger partial charge in [-0.05, 0) is 36.2 Å². The molecule has 1 heterocycles. The molecule has 0 unspecified atom stereocenters. The Morgan fingerprint density at radius 3 is 2.70 bits per heavy atom. The molecular formula is C19H21N5O2S. The number of methoxy groups -OCH3 is 1. The Kier molecular flexibility index (Phi) is 5.97. The first kappa shape index (κ1) is 18.8. The Morgan fingerprint density at radius 1 is 1.22 bits per heavy atom. The van der Waals surface area contributed by atoms with Crippen LogP contribution in [0.1, 0.15) is 12.5 Å². The average Bonchev–Trinajstić information content (AvgIpc) is 3.07. The van der Waals surface area contributed by atoms with Crippen LogP contribution >= 0.6 is 11.8 Å². The van der Waals surface area contributed by atoms with Gasteiger partial charge in [0.2, 0.25) is 11.1 Å². The van der Waals surface area contributed by atoms with Crippen LogP contribution in [0.25, 0.3) is 11.4 Å². The van der Waals surface area contributed by atoms with Gasteiger partial charge >= 0.3 is 0 Å². The van der Waals surface area contributed by atoms with Crippen molar-refractivity contribution in [1.82, 2.24) is 14.9 Å². The Labute approximate surface area is 161 Å². The lowest BCUT2D eigenvalue weighted by Crippen LogP contribution is -2.16. The number of ether oxygens (including phenoxy) is 1. The molecule has 0 saturated carbocycles. The summed E-state index contributed by atoms with van der Waals surface area (Å²) >= 11 is 1.23. The molecule has 3 N–H and O–H groups in total. The van der Waals surface area contributed by atoms with Gasteiger partial charge in [0, 0.05) is 11.3 Å². The number of aromatic nitrogens is 3. The number of hydrogen-bond acceptors (Lipinski definition) is 6.